The Labute approximate surface area is 211 Å². The summed E-state index contributed by atoms with van der Waals surface area (Å²) in [5.74, 6) is -0.0815. The van der Waals surface area contributed by atoms with Gasteiger partial charge < -0.3 is 14.5 Å². The van der Waals surface area contributed by atoms with Gasteiger partial charge in [0, 0.05) is 12.4 Å². The number of benzene rings is 2. The molecule has 3 heterocycles. The quantitative estimate of drug-likeness (QED) is 0.349. The topological polar surface area (TPSA) is 108 Å². The first kappa shape index (κ1) is 23.8. The lowest BCUT2D eigenvalue weighted by molar-refractivity contribution is -0.119. The van der Waals surface area contributed by atoms with Gasteiger partial charge in [0.05, 0.1) is 22.5 Å². The monoisotopic (exact) mass is 496 g/mol. The normalized spacial score (nSPS) is 11.0. The number of aryl methyl sites for hydroxylation is 1. The molecule has 1 amide bonds. The summed E-state index contributed by atoms with van der Waals surface area (Å²) < 4.78 is 14.1. The van der Waals surface area contributed by atoms with E-state index in [1.54, 1.807) is 61.1 Å². The maximum Gasteiger partial charge on any atom is 0.339 e. The van der Waals surface area contributed by atoms with Crippen LogP contribution in [0.2, 0.25) is 0 Å². The summed E-state index contributed by atoms with van der Waals surface area (Å²) in [6.07, 6.45) is 0. The summed E-state index contributed by atoms with van der Waals surface area (Å²) >= 11 is 0. The molecule has 37 heavy (non-hydrogen) atoms. The highest BCUT2D eigenvalue weighted by molar-refractivity contribution is 6.05. The van der Waals surface area contributed by atoms with Gasteiger partial charge in [0.1, 0.15) is 17.1 Å². The van der Waals surface area contributed by atoms with E-state index < -0.39 is 18.5 Å². The van der Waals surface area contributed by atoms with Crippen LogP contribution in [0.5, 0.6) is 0 Å². The average molecular weight is 497 g/mol. The van der Waals surface area contributed by atoms with E-state index in [1.807, 2.05) is 37.3 Å². The lowest BCUT2D eigenvalue weighted by atomic mass is 10.1. The van der Waals surface area contributed by atoms with Crippen LogP contribution in [0.1, 0.15) is 21.8 Å². The number of amides is 1. The van der Waals surface area contributed by atoms with Crippen LogP contribution in [0.25, 0.3) is 28.0 Å². The van der Waals surface area contributed by atoms with E-state index in [0.29, 0.717) is 39.5 Å². The van der Waals surface area contributed by atoms with E-state index >= 15 is 0 Å². The van der Waals surface area contributed by atoms with Gasteiger partial charge in [0.2, 0.25) is 0 Å². The number of hydrogen-bond acceptors (Lipinski definition) is 6. The second-order valence-electron chi connectivity index (χ2n) is 8.54. The van der Waals surface area contributed by atoms with Crippen molar-refractivity contribution in [3.63, 3.8) is 0 Å². The fraction of sp³-hybridized carbons (Fsp3) is 0.143. The molecule has 0 unspecified atom stereocenters. The summed E-state index contributed by atoms with van der Waals surface area (Å²) in [6, 6.07) is 21.4. The van der Waals surface area contributed by atoms with E-state index in [0.717, 1.165) is 0 Å². The second kappa shape index (κ2) is 9.62. The first-order valence-electron chi connectivity index (χ1n) is 11.6. The van der Waals surface area contributed by atoms with E-state index in [4.69, 9.17) is 9.15 Å². The third kappa shape index (κ3) is 4.54. The number of fused-ring (bicyclic) bond motifs is 1. The summed E-state index contributed by atoms with van der Waals surface area (Å²) in [6.45, 7) is 2.98. The molecule has 0 saturated carbocycles. The van der Waals surface area contributed by atoms with Gasteiger partial charge in [-0.05, 0) is 50.2 Å². The molecular weight excluding hydrogens is 472 g/mol. The Balaban J connectivity index is 1.36. The van der Waals surface area contributed by atoms with Crippen molar-refractivity contribution < 1.29 is 18.7 Å². The number of esters is 1. The highest BCUT2D eigenvalue weighted by Gasteiger charge is 2.21. The van der Waals surface area contributed by atoms with Gasteiger partial charge in [-0.3, -0.25) is 14.3 Å². The molecule has 9 heteroatoms. The van der Waals surface area contributed by atoms with Gasteiger partial charge in [-0.1, -0.05) is 36.4 Å². The number of hydrogen-bond donors (Lipinski definition) is 1. The van der Waals surface area contributed by atoms with Gasteiger partial charge in [0.25, 0.3) is 11.5 Å². The van der Waals surface area contributed by atoms with Gasteiger partial charge in [-0.2, -0.15) is 0 Å². The van der Waals surface area contributed by atoms with Crippen molar-refractivity contribution in [3.05, 3.63) is 100 Å². The molecule has 2 aromatic carbocycles. The van der Waals surface area contributed by atoms with Crippen molar-refractivity contribution in [2.75, 3.05) is 11.9 Å². The van der Waals surface area contributed by atoms with Crippen molar-refractivity contribution in [2.45, 2.75) is 13.8 Å². The Morgan fingerprint density at radius 2 is 1.73 bits per heavy atom. The minimum Gasteiger partial charge on any atom is -0.460 e. The third-order valence-corrected chi connectivity index (χ3v) is 6.08. The molecule has 5 aromatic rings. The van der Waals surface area contributed by atoms with Crippen molar-refractivity contribution >= 4 is 28.5 Å². The van der Waals surface area contributed by atoms with Gasteiger partial charge in [-0.25, -0.2) is 14.5 Å². The summed E-state index contributed by atoms with van der Waals surface area (Å²) in [7, 11) is 1.73. The van der Waals surface area contributed by atoms with Crippen LogP contribution in [0.3, 0.4) is 0 Å². The number of para-hydroxylation sites is 2. The Hall–Kier alpha value is -4.92. The van der Waals surface area contributed by atoms with Crippen LogP contribution >= 0.6 is 0 Å². The van der Waals surface area contributed by atoms with Gasteiger partial charge >= 0.3 is 5.97 Å². The van der Waals surface area contributed by atoms with Gasteiger partial charge in [0.15, 0.2) is 12.4 Å². The van der Waals surface area contributed by atoms with Crippen LogP contribution in [-0.4, -0.2) is 32.8 Å². The molecule has 1 N–H and O–H groups in total. The molecule has 0 bridgehead atoms. The second-order valence-corrected chi connectivity index (χ2v) is 8.54. The van der Waals surface area contributed by atoms with Gasteiger partial charge in [-0.15, -0.1) is 0 Å². The standard InChI is InChI=1S/C28H24N4O5/c1-17-13-14-24(37-17)23-15-21(20-11-7-8-12-22(20)29-23)28(35)36-16-25(33)30-26-18(2)31(3)32(27(26)34)19-9-5-4-6-10-19/h4-15H,16H2,1-3H3,(H,30,33). The van der Waals surface area contributed by atoms with E-state index in [-0.39, 0.29) is 16.8 Å². The summed E-state index contributed by atoms with van der Waals surface area (Å²) in [4.78, 5) is 43.4. The Bertz CT molecular complexity index is 1700. The van der Waals surface area contributed by atoms with Crippen LogP contribution in [-0.2, 0) is 16.6 Å². The van der Waals surface area contributed by atoms with Crippen molar-refractivity contribution in [1.29, 1.82) is 0 Å². The Kier molecular flexibility index (Phi) is 6.19. The lowest BCUT2D eigenvalue weighted by Gasteiger charge is -2.09. The maximum absolute atomic E-state index is 13.1. The molecule has 5 rings (SSSR count). The molecule has 0 saturated heterocycles. The van der Waals surface area contributed by atoms with Crippen LogP contribution in [0.4, 0.5) is 5.69 Å². The molecule has 9 nitrogen and oxygen atoms in total. The number of carbonyl (C=O) groups is 2. The fourth-order valence-electron chi connectivity index (χ4n) is 4.14. The Morgan fingerprint density at radius 3 is 2.46 bits per heavy atom. The number of nitrogens with zero attached hydrogens (tertiary/aromatic N) is 3. The highest BCUT2D eigenvalue weighted by Crippen LogP contribution is 2.26. The van der Waals surface area contributed by atoms with Crippen LogP contribution < -0.4 is 10.9 Å². The van der Waals surface area contributed by atoms with Crippen molar-refractivity contribution in [3.8, 4) is 17.1 Å². The number of furan rings is 1. The minimum atomic E-state index is -0.690. The van der Waals surface area contributed by atoms with Crippen LogP contribution in [0, 0.1) is 13.8 Å². The van der Waals surface area contributed by atoms with E-state index in [9.17, 15) is 14.4 Å². The number of pyridine rings is 1. The molecule has 0 radical (unpaired) electrons. The number of carbonyl (C=O) groups excluding carboxylic acids is 2. The minimum absolute atomic E-state index is 0.122. The zero-order valence-electron chi connectivity index (χ0n) is 20.5. The molecule has 0 spiro atoms. The third-order valence-electron chi connectivity index (χ3n) is 6.08. The van der Waals surface area contributed by atoms with Crippen molar-refractivity contribution in [1.82, 2.24) is 14.3 Å². The zero-order chi connectivity index (χ0) is 26.1. The molecular formula is C28H24N4O5. The molecule has 0 aliphatic rings. The highest BCUT2D eigenvalue weighted by atomic mass is 16.5. The first-order valence-corrected chi connectivity index (χ1v) is 11.6. The smallest absolute Gasteiger partial charge is 0.339 e. The maximum atomic E-state index is 13.1. The molecule has 0 atom stereocenters. The molecule has 0 aliphatic carbocycles. The number of nitrogens with one attached hydrogen (secondary N) is 1. The number of ether oxygens (including phenoxy) is 1. The van der Waals surface area contributed by atoms with Crippen molar-refractivity contribution in [2.24, 2.45) is 7.05 Å². The average Bonchev–Trinajstić information content (AvgIpc) is 3.43. The molecule has 3 aromatic heterocycles. The fourth-order valence-corrected chi connectivity index (χ4v) is 4.14. The molecule has 186 valence electrons. The van der Waals surface area contributed by atoms with E-state index in [1.165, 1.54) is 4.68 Å². The lowest BCUT2D eigenvalue weighted by Crippen LogP contribution is -2.26. The Morgan fingerprint density at radius 1 is 1.00 bits per heavy atom. The SMILES string of the molecule is Cc1ccc(-c2cc(C(=O)OCC(=O)Nc3c(C)n(C)n(-c4ccccc4)c3=O)c3ccccc3n2)o1. The number of rotatable bonds is 6. The predicted octanol–water partition coefficient (Wildman–Crippen LogP) is 4.40. The first-order chi connectivity index (χ1) is 17.8. The summed E-state index contributed by atoms with van der Waals surface area (Å²) in [5, 5.41) is 3.18. The number of aromatic nitrogens is 3. The molecule has 0 aliphatic heterocycles. The number of anilines is 1. The largest absolute Gasteiger partial charge is 0.460 e. The predicted molar refractivity (Wildman–Crippen MR) is 139 cm³/mol. The molecule has 0 fully saturated rings. The van der Waals surface area contributed by atoms with E-state index in [2.05, 4.69) is 10.3 Å². The summed E-state index contributed by atoms with van der Waals surface area (Å²) in [5.41, 5.74) is 2.28. The van der Waals surface area contributed by atoms with Crippen LogP contribution in [0.15, 0.2) is 82.0 Å². The zero-order valence-corrected chi connectivity index (χ0v) is 20.5.